The van der Waals surface area contributed by atoms with Gasteiger partial charge >= 0.3 is 0 Å². The number of anilines is 1. The molecule has 1 N–H and O–H groups in total. The molecule has 0 saturated carbocycles. The molecule has 5 nitrogen and oxygen atoms in total. The molecule has 0 fully saturated rings. The molecule has 1 aliphatic rings. The van der Waals surface area contributed by atoms with Crippen LogP contribution in [0.1, 0.15) is 47.2 Å². The van der Waals surface area contributed by atoms with Crippen LogP contribution in [-0.4, -0.2) is 20.7 Å². The van der Waals surface area contributed by atoms with Crippen LogP contribution in [0, 0.1) is 13.8 Å². The van der Waals surface area contributed by atoms with Crippen molar-refractivity contribution >= 4 is 33.3 Å². The highest BCUT2D eigenvalue weighted by atomic mass is 32.1. The summed E-state index contributed by atoms with van der Waals surface area (Å²) in [6, 6.07) is 14.8. The minimum Gasteiger partial charge on any atom is -0.310 e. The minimum absolute atomic E-state index is 0.00929. The van der Waals surface area contributed by atoms with Crippen LogP contribution in [0.25, 0.3) is 15.3 Å². The highest BCUT2D eigenvalue weighted by Gasteiger charge is 2.33. The Morgan fingerprint density at radius 2 is 1.97 bits per heavy atom. The Morgan fingerprint density at radius 3 is 2.72 bits per heavy atom. The molecule has 1 atom stereocenters. The highest BCUT2D eigenvalue weighted by Crippen LogP contribution is 2.41. The van der Waals surface area contributed by atoms with Gasteiger partial charge in [0.2, 0.25) is 11.0 Å². The SMILES string of the molecule is CCc1ccc([C@@H]2CC(=O)Nc3c2c(C)nn3-c2nc3ccc(C)cc3s2)cc1. The summed E-state index contributed by atoms with van der Waals surface area (Å²) in [5.41, 5.74) is 6.62. The lowest BCUT2D eigenvalue weighted by Gasteiger charge is -2.24. The number of fused-ring (bicyclic) bond motifs is 2. The van der Waals surface area contributed by atoms with E-state index in [-0.39, 0.29) is 11.8 Å². The summed E-state index contributed by atoms with van der Waals surface area (Å²) in [7, 11) is 0. The predicted molar refractivity (Wildman–Crippen MR) is 117 cm³/mol. The summed E-state index contributed by atoms with van der Waals surface area (Å²) in [4.78, 5) is 17.3. The van der Waals surface area contributed by atoms with Gasteiger partial charge in [-0.2, -0.15) is 9.78 Å². The molecule has 146 valence electrons. The summed E-state index contributed by atoms with van der Waals surface area (Å²) >= 11 is 1.59. The van der Waals surface area contributed by atoms with Crippen LogP contribution in [0.4, 0.5) is 5.82 Å². The largest absolute Gasteiger partial charge is 0.310 e. The number of thiazole rings is 1. The van der Waals surface area contributed by atoms with Gasteiger partial charge in [-0.15, -0.1) is 0 Å². The first-order valence-corrected chi connectivity index (χ1v) is 10.7. The van der Waals surface area contributed by atoms with Crippen LogP contribution in [-0.2, 0) is 11.2 Å². The second-order valence-corrected chi connectivity index (χ2v) is 8.64. The number of nitrogens with one attached hydrogen (secondary N) is 1. The number of nitrogens with zero attached hydrogens (tertiary/aromatic N) is 3. The quantitative estimate of drug-likeness (QED) is 0.516. The average molecular weight is 403 g/mol. The molecule has 6 heteroatoms. The van der Waals surface area contributed by atoms with Crippen molar-refractivity contribution < 1.29 is 4.79 Å². The van der Waals surface area contributed by atoms with E-state index in [0.29, 0.717) is 6.42 Å². The number of aryl methyl sites for hydroxylation is 3. The van der Waals surface area contributed by atoms with Gasteiger partial charge in [0.1, 0.15) is 5.82 Å². The van der Waals surface area contributed by atoms with E-state index in [0.717, 1.165) is 44.4 Å². The van der Waals surface area contributed by atoms with E-state index in [9.17, 15) is 4.79 Å². The summed E-state index contributed by atoms with van der Waals surface area (Å²) in [5.74, 6) is 0.772. The molecule has 2 aromatic heterocycles. The van der Waals surface area contributed by atoms with Crippen molar-refractivity contribution in [2.24, 2.45) is 0 Å². The average Bonchev–Trinajstić information content (AvgIpc) is 3.28. The molecule has 0 bridgehead atoms. The number of benzene rings is 2. The van der Waals surface area contributed by atoms with E-state index in [1.807, 2.05) is 13.0 Å². The Morgan fingerprint density at radius 1 is 1.17 bits per heavy atom. The van der Waals surface area contributed by atoms with Gasteiger partial charge in [-0.05, 0) is 49.1 Å². The number of carbonyl (C=O) groups is 1. The molecule has 3 heterocycles. The van der Waals surface area contributed by atoms with Gasteiger partial charge < -0.3 is 5.32 Å². The van der Waals surface area contributed by atoms with Crippen molar-refractivity contribution in [1.82, 2.24) is 14.8 Å². The molecule has 0 spiro atoms. The Kier molecular flexibility index (Phi) is 4.24. The lowest BCUT2D eigenvalue weighted by atomic mass is 9.85. The second kappa shape index (κ2) is 6.81. The number of amides is 1. The highest BCUT2D eigenvalue weighted by molar-refractivity contribution is 7.20. The molecule has 0 unspecified atom stereocenters. The fourth-order valence-electron chi connectivity index (χ4n) is 4.07. The lowest BCUT2D eigenvalue weighted by molar-refractivity contribution is -0.116. The molecule has 5 rings (SSSR count). The molecule has 4 aromatic rings. The summed E-state index contributed by atoms with van der Waals surface area (Å²) < 4.78 is 2.92. The van der Waals surface area contributed by atoms with Crippen molar-refractivity contribution in [2.75, 3.05) is 5.32 Å². The zero-order chi connectivity index (χ0) is 20.1. The fraction of sp³-hybridized carbons (Fsp3) is 0.261. The maximum absolute atomic E-state index is 12.6. The maximum atomic E-state index is 12.6. The monoisotopic (exact) mass is 402 g/mol. The molecule has 0 radical (unpaired) electrons. The molecule has 0 aliphatic carbocycles. The summed E-state index contributed by atoms with van der Waals surface area (Å²) in [5, 5.41) is 8.60. The molecule has 1 amide bonds. The topological polar surface area (TPSA) is 59.8 Å². The maximum Gasteiger partial charge on any atom is 0.226 e. The standard InChI is InChI=1S/C23H22N4OS/c1-4-15-6-8-16(9-7-15)17-12-20(28)25-22-21(17)14(3)26-27(22)23-24-18-10-5-13(2)11-19(18)29-23/h5-11,17H,4,12H2,1-3H3,(H,25,28)/t17-/m0/s1. The van der Waals surface area contributed by atoms with E-state index >= 15 is 0 Å². The predicted octanol–water partition coefficient (Wildman–Crippen LogP) is 5.14. The van der Waals surface area contributed by atoms with Crippen LogP contribution in [0.15, 0.2) is 42.5 Å². The molecular weight excluding hydrogens is 380 g/mol. The second-order valence-electron chi connectivity index (χ2n) is 7.63. The minimum atomic E-state index is 0.00929. The molecule has 2 aromatic carbocycles. The molecule has 0 saturated heterocycles. The first-order chi connectivity index (χ1) is 14.0. The van der Waals surface area contributed by atoms with E-state index in [1.165, 1.54) is 11.1 Å². The Balaban J connectivity index is 1.64. The van der Waals surface area contributed by atoms with Crippen molar-refractivity contribution in [2.45, 2.75) is 39.5 Å². The van der Waals surface area contributed by atoms with Crippen LogP contribution < -0.4 is 5.32 Å². The normalized spacial score (nSPS) is 16.1. The number of rotatable bonds is 3. The van der Waals surface area contributed by atoms with E-state index in [4.69, 9.17) is 10.1 Å². The van der Waals surface area contributed by atoms with Crippen LogP contribution in [0.2, 0.25) is 0 Å². The summed E-state index contributed by atoms with van der Waals surface area (Å²) in [6.45, 7) is 6.24. The van der Waals surface area contributed by atoms with Gasteiger partial charge in [0.25, 0.3) is 0 Å². The smallest absolute Gasteiger partial charge is 0.226 e. The van der Waals surface area contributed by atoms with Crippen molar-refractivity contribution in [3.8, 4) is 5.13 Å². The van der Waals surface area contributed by atoms with E-state index in [2.05, 4.69) is 55.6 Å². The third-order valence-electron chi connectivity index (χ3n) is 5.61. The Labute approximate surface area is 173 Å². The van der Waals surface area contributed by atoms with Gasteiger partial charge in [0.15, 0.2) is 0 Å². The third kappa shape index (κ3) is 3.04. The van der Waals surface area contributed by atoms with E-state index in [1.54, 1.807) is 16.0 Å². The zero-order valence-electron chi connectivity index (χ0n) is 16.7. The van der Waals surface area contributed by atoms with Gasteiger partial charge in [0, 0.05) is 17.9 Å². The number of hydrogen-bond donors (Lipinski definition) is 1. The Bertz CT molecular complexity index is 1240. The van der Waals surface area contributed by atoms with Crippen LogP contribution in [0.3, 0.4) is 0 Å². The van der Waals surface area contributed by atoms with Crippen molar-refractivity contribution in [3.05, 3.63) is 70.4 Å². The zero-order valence-corrected chi connectivity index (χ0v) is 17.5. The first-order valence-electron chi connectivity index (χ1n) is 9.89. The Hall–Kier alpha value is -2.99. The number of hydrogen-bond acceptors (Lipinski definition) is 4. The van der Waals surface area contributed by atoms with Gasteiger partial charge in [0.05, 0.1) is 15.9 Å². The molecule has 29 heavy (non-hydrogen) atoms. The fourth-order valence-corrected chi connectivity index (χ4v) is 5.09. The van der Waals surface area contributed by atoms with Gasteiger partial charge in [-0.25, -0.2) is 4.98 Å². The molecular formula is C23H22N4OS. The van der Waals surface area contributed by atoms with Crippen LogP contribution in [0.5, 0.6) is 0 Å². The molecule has 1 aliphatic heterocycles. The third-order valence-corrected chi connectivity index (χ3v) is 6.60. The summed E-state index contributed by atoms with van der Waals surface area (Å²) in [6.07, 6.45) is 1.44. The first kappa shape index (κ1) is 18.1. The van der Waals surface area contributed by atoms with Crippen LogP contribution >= 0.6 is 11.3 Å². The van der Waals surface area contributed by atoms with Gasteiger partial charge in [-0.3, -0.25) is 4.79 Å². The lowest BCUT2D eigenvalue weighted by Crippen LogP contribution is -2.24. The van der Waals surface area contributed by atoms with E-state index < -0.39 is 0 Å². The van der Waals surface area contributed by atoms with Crippen molar-refractivity contribution in [3.63, 3.8) is 0 Å². The number of carbonyl (C=O) groups excluding carboxylic acids is 1. The van der Waals surface area contributed by atoms with Crippen molar-refractivity contribution in [1.29, 1.82) is 0 Å². The van der Waals surface area contributed by atoms with Gasteiger partial charge in [-0.1, -0.05) is 48.6 Å². The number of aromatic nitrogens is 3.